The lowest BCUT2D eigenvalue weighted by atomic mass is 10.4. The summed E-state index contributed by atoms with van der Waals surface area (Å²) in [6.07, 6.45) is 10.3. The minimum absolute atomic E-state index is 0.319. The van der Waals surface area contributed by atoms with E-state index in [1.165, 1.54) is 6.20 Å². The average Bonchev–Trinajstić information content (AvgIpc) is 3.02. The first-order valence-corrected chi connectivity index (χ1v) is 6.87. The molecule has 0 atom stereocenters. The lowest BCUT2D eigenvalue weighted by Gasteiger charge is -2.14. The molecule has 0 spiro atoms. The van der Waals surface area contributed by atoms with Gasteiger partial charge in [-0.2, -0.15) is 0 Å². The fraction of sp³-hybridized carbons (Fsp3) is 0.429. The summed E-state index contributed by atoms with van der Waals surface area (Å²) in [7, 11) is 0. The van der Waals surface area contributed by atoms with Crippen LogP contribution in [-0.4, -0.2) is 39.6 Å². The largest absolute Gasteiger partial charge is 0.384 e. The predicted molar refractivity (Wildman–Crippen MR) is 82.3 cm³/mol. The molecular weight excluding hydrogens is 252 g/mol. The number of hydrogen-bond donors (Lipinski definition) is 2. The monoisotopic (exact) mass is 274 g/mol. The summed E-state index contributed by atoms with van der Waals surface area (Å²) in [5.74, 6) is 1.26. The van der Waals surface area contributed by atoms with Crippen molar-refractivity contribution < 1.29 is 0 Å². The minimum Gasteiger partial charge on any atom is -0.384 e. The highest BCUT2D eigenvalue weighted by Gasteiger charge is 2.12. The SMILES string of the molecule is CC.N=C(/C=C\C(N)=Nc1cnccn1)N1CCCC1. The van der Waals surface area contributed by atoms with E-state index in [-0.39, 0.29) is 0 Å². The first-order chi connectivity index (χ1) is 9.75. The molecule has 0 unspecified atom stereocenters. The minimum atomic E-state index is 0.319. The highest BCUT2D eigenvalue weighted by molar-refractivity contribution is 6.00. The standard InChI is InChI=1S/C12H16N6.C2H6/c13-10(17-12-9-15-5-6-16-12)3-4-11(14)18-7-1-2-8-18;1-2/h3-6,9,14H,1-2,7-8H2,(H2,13,16,17);1-2H3/b4-3-,14-11?;. The molecule has 20 heavy (non-hydrogen) atoms. The highest BCUT2D eigenvalue weighted by Crippen LogP contribution is 2.08. The number of rotatable bonds is 3. The molecule has 0 radical (unpaired) electrons. The zero-order valence-electron chi connectivity index (χ0n) is 12.1. The van der Waals surface area contributed by atoms with Crippen molar-refractivity contribution in [1.82, 2.24) is 14.9 Å². The molecule has 1 aliphatic rings. The van der Waals surface area contributed by atoms with Crippen molar-refractivity contribution in [1.29, 1.82) is 5.41 Å². The van der Waals surface area contributed by atoms with Crippen LogP contribution in [0.15, 0.2) is 35.7 Å². The lowest BCUT2D eigenvalue weighted by molar-refractivity contribution is 0.519. The molecule has 1 saturated heterocycles. The van der Waals surface area contributed by atoms with E-state index in [1.807, 2.05) is 18.7 Å². The molecule has 1 aromatic heterocycles. The summed E-state index contributed by atoms with van der Waals surface area (Å²) < 4.78 is 0. The van der Waals surface area contributed by atoms with Gasteiger partial charge in [0.1, 0.15) is 11.7 Å². The van der Waals surface area contributed by atoms with Crippen LogP contribution in [0.2, 0.25) is 0 Å². The number of likely N-dealkylation sites (tertiary alicyclic amines) is 1. The zero-order valence-corrected chi connectivity index (χ0v) is 12.1. The van der Waals surface area contributed by atoms with E-state index in [4.69, 9.17) is 11.1 Å². The van der Waals surface area contributed by atoms with Crippen molar-refractivity contribution in [3.63, 3.8) is 0 Å². The molecule has 0 saturated carbocycles. The van der Waals surface area contributed by atoms with Crippen LogP contribution in [0.25, 0.3) is 0 Å². The fourth-order valence-corrected chi connectivity index (χ4v) is 1.75. The maximum atomic E-state index is 7.86. The van der Waals surface area contributed by atoms with E-state index in [1.54, 1.807) is 24.5 Å². The van der Waals surface area contributed by atoms with Gasteiger partial charge in [0.2, 0.25) is 0 Å². The number of aliphatic imine (C=N–C) groups is 1. The molecule has 0 aromatic carbocycles. The number of amidine groups is 2. The first kappa shape index (κ1) is 15.8. The van der Waals surface area contributed by atoms with Crippen LogP contribution in [0.3, 0.4) is 0 Å². The maximum Gasteiger partial charge on any atom is 0.172 e. The van der Waals surface area contributed by atoms with Crippen molar-refractivity contribution in [2.75, 3.05) is 13.1 Å². The Kier molecular flexibility index (Phi) is 6.95. The molecular formula is C14H22N6. The third-order valence-corrected chi connectivity index (χ3v) is 2.65. The third-order valence-electron chi connectivity index (χ3n) is 2.65. The topological polar surface area (TPSA) is 91.2 Å². The van der Waals surface area contributed by atoms with Gasteiger partial charge in [-0.3, -0.25) is 10.4 Å². The molecule has 1 aliphatic heterocycles. The Morgan fingerprint density at radius 2 is 2.00 bits per heavy atom. The normalized spacial score (nSPS) is 15.1. The van der Waals surface area contributed by atoms with Gasteiger partial charge in [-0.25, -0.2) is 9.98 Å². The van der Waals surface area contributed by atoms with Gasteiger partial charge in [-0.1, -0.05) is 13.8 Å². The Morgan fingerprint density at radius 1 is 1.30 bits per heavy atom. The molecule has 6 heteroatoms. The zero-order chi connectivity index (χ0) is 14.8. The van der Waals surface area contributed by atoms with Crippen LogP contribution in [-0.2, 0) is 0 Å². The predicted octanol–water partition coefficient (Wildman–Crippen LogP) is 2.12. The number of aromatic nitrogens is 2. The summed E-state index contributed by atoms with van der Waals surface area (Å²) in [6, 6.07) is 0. The quantitative estimate of drug-likeness (QED) is 0.652. The molecule has 0 bridgehead atoms. The smallest absolute Gasteiger partial charge is 0.172 e. The molecule has 1 fully saturated rings. The number of hydrogen-bond acceptors (Lipinski definition) is 4. The van der Waals surface area contributed by atoms with Crippen molar-refractivity contribution in [3.05, 3.63) is 30.7 Å². The third kappa shape index (κ3) is 5.17. The van der Waals surface area contributed by atoms with Crippen molar-refractivity contribution in [2.24, 2.45) is 10.7 Å². The molecule has 3 N–H and O–H groups in total. The first-order valence-electron chi connectivity index (χ1n) is 6.87. The Morgan fingerprint density at radius 3 is 2.60 bits per heavy atom. The van der Waals surface area contributed by atoms with E-state index < -0.39 is 0 Å². The molecule has 0 aliphatic carbocycles. The van der Waals surface area contributed by atoms with Gasteiger partial charge in [-0.05, 0) is 25.0 Å². The summed E-state index contributed by atoms with van der Waals surface area (Å²) in [4.78, 5) is 14.0. The van der Waals surface area contributed by atoms with Gasteiger partial charge in [0.25, 0.3) is 0 Å². The summed E-state index contributed by atoms with van der Waals surface area (Å²) in [6.45, 7) is 5.90. The fourth-order valence-electron chi connectivity index (χ4n) is 1.75. The summed E-state index contributed by atoms with van der Waals surface area (Å²) in [5.41, 5.74) is 5.73. The second-order valence-corrected chi connectivity index (χ2v) is 4.01. The summed E-state index contributed by atoms with van der Waals surface area (Å²) >= 11 is 0. The van der Waals surface area contributed by atoms with Crippen molar-refractivity contribution >= 4 is 17.5 Å². The van der Waals surface area contributed by atoms with E-state index in [9.17, 15) is 0 Å². The summed E-state index contributed by atoms with van der Waals surface area (Å²) in [5, 5.41) is 7.86. The number of nitrogens with two attached hydrogens (primary N) is 1. The second kappa shape index (κ2) is 8.79. The molecule has 0 amide bonds. The van der Waals surface area contributed by atoms with Gasteiger partial charge >= 0.3 is 0 Å². The highest BCUT2D eigenvalue weighted by atomic mass is 15.2. The van der Waals surface area contributed by atoms with Gasteiger partial charge in [-0.15, -0.1) is 0 Å². The van der Waals surface area contributed by atoms with Gasteiger partial charge in [0.05, 0.1) is 6.20 Å². The van der Waals surface area contributed by atoms with E-state index in [2.05, 4.69) is 15.0 Å². The molecule has 2 rings (SSSR count). The molecule has 6 nitrogen and oxygen atoms in total. The Bertz CT molecular complexity index is 460. The van der Waals surface area contributed by atoms with Crippen LogP contribution >= 0.6 is 0 Å². The average molecular weight is 274 g/mol. The molecule has 1 aromatic rings. The Labute approximate surface area is 120 Å². The van der Waals surface area contributed by atoms with Crippen LogP contribution in [0.4, 0.5) is 5.82 Å². The van der Waals surface area contributed by atoms with Crippen LogP contribution < -0.4 is 5.73 Å². The Hall–Kier alpha value is -2.24. The number of nitrogens with zero attached hydrogens (tertiary/aromatic N) is 4. The van der Waals surface area contributed by atoms with Gasteiger partial charge in [0, 0.05) is 25.5 Å². The molecule has 108 valence electrons. The van der Waals surface area contributed by atoms with Crippen molar-refractivity contribution in [2.45, 2.75) is 26.7 Å². The Balaban J connectivity index is 0.000000956. The van der Waals surface area contributed by atoms with E-state index in [0.29, 0.717) is 17.5 Å². The lowest BCUT2D eigenvalue weighted by Crippen LogP contribution is -2.25. The van der Waals surface area contributed by atoms with Crippen LogP contribution in [0.1, 0.15) is 26.7 Å². The molecule has 2 heterocycles. The van der Waals surface area contributed by atoms with E-state index >= 15 is 0 Å². The van der Waals surface area contributed by atoms with Gasteiger partial charge < -0.3 is 10.6 Å². The van der Waals surface area contributed by atoms with Crippen molar-refractivity contribution in [3.8, 4) is 0 Å². The maximum absolute atomic E-state index is 7.86. The van der Waals surface area contributed by atoms with E-state index in [0.717, 1.165) is 25.9 Å². The van der Waals surface area contributed by atoms with Crippen LogP contribution in [0, 0.1) is 5.41 Å². The van der Waals surface area contributed by atoms with Crippen LogP contribution in [0.5, 0.6) is 0 Å². The second-order valence-electron chi connectivity index (χ2n) is 4.01. The number of nitrogens with one attached hydrogen (secondary N) is 1. The van der Waals surface area contributed by atoms with Gasteiger partial charge in [0.15, 0.2) is 5.82 Å².